The molecule has 0 bridgehead atoms. The highest BCUT2D eigenvalue weighted by Crippen LogP contribution is 2.22. The van der Waals surface area contributed by atoms with Gasteiger partial charge >= 0.3 is 12.0 Å². The summed E-state index contributed by atoms with van der Waals surface area (Å²) in [7, 11) is 1.71. The number of carbonyl (C=O) groups is 2. The van der Waals surface area contributed by atoms with Gasteiger partial charge in [0.2, 0.25) is 0 Å². The molecule has 6 nitrogen and oxygen atoms in total. The van der Waals surface area contributed by atoms with Crippen LogP contribution in [0.15, 0.2) is 0 Å². The first kappa shape index (κ1) is 15.1. The van der Waals surface area contributed by atoms with Crippen LogP contribution < -0.4 is 0 Å². The average molecular weight is 284 g/mol. The average Bonchev–Trinajstić information content (AvgIpc) is 2.48. The standard InChI is InChI=1S/C14H24N2O4/c1-20-10-11-4-7-15(8-5-11)14(19)16-6-2-3-12(9-16)13(17)18/h11-12H,2-10H2,1H3,(H,17,18). The summed E-state index contributed by atoms with van der Waals surface area (Å²) in [6.45, 7) is 3.29. The summed E-state index contributed by atoms with van der Waals surface area (Å²) in [6, 6.07) is 0.00631. The predicted octanol–water partition coefficient (Wildman–Crippen LogP) is 1.26. The molecule has 1 N–H and O–H groups in total. The van der Waals surface area contributed by atoms with Crippen LogP contribution in [0.25, 0.3) is 0 Å². The third kappa shape index (κ3) is 3.62. The lowest BCUT2D eigenvalue weighted by molar-refractivity contribution is -0.143. The molecule has 6 heteroatoms. The number of ether oxygens (including phenoxy) is 1. The number of methoxy groups -OCH3 is 1. The van der Waals surface area contributed by atoms with Crippen molar-refractivity contribution in [2.75, 3.05) is 39.9 Å². The van der Waals surface area contributed by atoms with Crippen LogP contribution in [0.1, 0.15) is 25.7 Å². The second kappa shape index (κ2) is 6.92. The summed E-state index contributed by atoms with van der Waals surface area (Å²) in [5, 5.41) is 9.08. The SMILES string of the molecule is COCC1CCN(C(=O)N2CCCC(C(=O)O)C2)CC1. The normalized spacial score (nSPS) is 24.8. The van der Waals surface area contributed by atoms with E-state index in [1.807, 2.05) is 4.90 Å². The Morgan fingerprint density at radius 2 is 1.85 bits per heavy atom. The zero-order valence-electron chi connectivity index (χ0n) is 12.1. The number of carboxylic acids is 1. The summed E-state index contributed by atoms with van der Waals surface area (Å²) in [4.78, 5) is 27.0. The molecule has 0 radical (unpaired) electrons. The molecule has 0 aromatic carbocycles. The Bertz CT molecular complexity index is 353. The van der Waals surface area contributed by atoms with Crippen LogP contribution in [0.5, 0.6) is 0 Å². The number of carbonyl (C=O) groups excluding carboxylic acids is 1. The quantitative estimate of drug-likeness (QED) is 0.847. The van der Waals surface area contributed by atoms with Crippen LogP contribution in [0.3, 0.4) is 0 Å². The third-order valence-corrected chi connectivity index (χ3v) is 4.33. The van der Waals surface area contributed by atoms with Gasteiger partial charge in [0.05, 0.1) is 5.92 Å². The lowest BCUT2D eigenvalue weighted by atomic mass is 9.97. The van der Waals surface area contributed by atoms with Crippen molar-refractivity contribution in [3.63, 3.8) is 0 Å². The first-order valence-electron chi connectivity index (χ1n) is 7.37. The van der Waals surface area contributed by atoms with Crippen molar-refractivity contribution in [1.29, 1.82) is 0 Å². The summed E-state index contributed by atoms with van der Waals surface area (Å²) >= 11 is 0. The Morgan fingerprint density at radius 1 is 1.15 bits per heavy atom. The van der Waals surface area contributed by atoms with Crippen LogP contribution in [0.4, 0.5) is 4.79 Å². The Labute approximate surface area is 119 Å². The molecule has 2 amide bonds. The number of urea groups is 1. The second-order valence-electron chi connectivity index (χ2n) is 5.79. The molecule has 0 aromatic heterocycles. The van der Waals surface area contributed by atoms with E-state index in [1.165, 1.54) is 0 Å². The van der Waals surface area contributed by atoms with Gasteiger partial charge < -0.3 is 19.6 Å². The molecule has 2 fully saturated rings. The lowest BCUT2D eigenvalue weighted by Crippen LogP contribution is -2.51. The molecule has 2 heterocycles. The molecule has 2 rings (SSSR count). The minimum Gasteiger partial charge on any atom is -0.481 e. The van der Waals surface area contributed by atoms with E-state index in [2.05, 4.69) is 0 Å². The van der Waals surface area contributed by atoms with Crippen LogP contribution >= 0.6 is 0 Å². The zero-order valence-corrected chi connectivity index (χ0v) is 12.1. The van der Waals surface area contributed by atoms with E-state index >= 15 is 0 Å². The molecule has 0 aliphatic carbocycles. The van der Waals surface area contributed by atoms with Crippen molar-refractivity contribution in [2.45, 2.75) is 25.7 Å². The molecule has 0 saturated carbocycles. The van der Waals surface area contributed by atoms with Gasteiger partial charge in [-0.25, -0.2) is 4.79 Å². The van der Waals surface area contributed by atoms with Crippen molar-refractivity contribution < 1.29 is 19.4 Å². The van der Waals surface area contributed by atoms with E-state index < -0.39 is 11.9 Å². The van der Waals surface area contributed by atoms with E-state index in [0.29, 0.717) is 25.4 Å². The fourth-order valence-corrected chi connectivity index (χ4v) is 3.08. The molecule has 0 spiro atoms. The fraction of sp³-hybridized carbons (Fsp3) is 0.857. The molecular weight excluding hydrogens is 260 g/mol. The molecule has 0 aromatic rings. The highest BCUT2D eigenvalue weighted by molar-refractivity contribution is 5.76. The Hall–Kier alpha value is -1.30. The zero-order chi connectivity index (χ0) is 14.5. The number of piperidine rings is 2. The van der Waals surface area contributed by atoms with Gasteiger partial charge in [-0.3, -0.25) is 4.79 Å². The van der Waals surface area contributed by atoms with Gasteiger partial charge in [-0.1, -0.05) is 0 Å². The Balaban J connectivity index is 1.84. The number of nitrogens with zero attached hydrogens (tertiary/aromatic N) is 2. The minimum absolute atomic E-state index is 0.00631. The van der Waals surface area contributed by atoms with Gasteiger partial charge in [0, 0.05) is 39.9 Å². The highest BCUT2D eigenvalue weighted by Gasteiger charge is 2.32. The highest BCUT2D eigenvalue weighted by atomic mass is 16.5. The number of aliphatic carboxylic acids is 1. The van der Waals surface area contributed by atoms with Crippen LogP contribution in [-0.4, -0.2) is 66.8 Å². The van der Waals surface area contributed by atoms with Crippen molar-refractivity contribution in [3.8, 4) is 0 Å². The summed E-state index contributed by atoms with van der Waals surface area (Å²) in [5.41, 5.74) is 0. The van der Waals surface area contributed by atoms with Crippen molar-refractivity contribution in [3.05, 3.63) is 0 Å². The van der Waals surface area contributed by atoms with E-state index in [0.717, 1.165) is 39.0 Å². The number of rotatable bonds is 3. The number of hydrogen-bond acceptors (Lipinski definition) is 3. The monoisotopic (exact) mass is 284 g/mol. The van der Waals surface area contributed by atoms with Gasteiger partial charge in [-0.15, -0.1) is 0 Å². The van der Waals surface area contributed by atoms with Gasteiger partial charge in [0.25, 0.3) is 0 Å². The third-order valence-electron chi connectivity index (χ3n) is 4.33. The van der Waals surface area contributed by atoms with Crippen molar-refractivity contribution in [1.82, 2.24) is 9.80 Å². The summed E-state index contributed by atoms with van der Waals surface area (Å²) in [5.74, 6) is -0.655. The smallest absolute Gasteiger partial charge is 0.320 e. The van der Waals surface area contributed by atoms with E-state index in [-0.39, 0.29) is 6.03 Å². The molecule has 2 saturated heterocycles. The second-order valence-corrected chi connectivity index (χ2v) is 5.79. The molecular formula is C14H24N2O4. The van der Waals surface area contributed by atoms with E-state index in [9.17, 15) is 9.59 Å². The Morgan fingerprint density at radius 3 is 2.45 bits per heavy atom. The number of likely N-dealkylation sites (tertiary alicyclic amines) is 2. The topological polar surface area (TPSA) is 70.1 Å². The van der Waals surface area contributed by atoms with Gasteiger partial charge in [0.1, 0.15) is 0 Å². The van der Waals surface area contributed by atoms with Gasteiger partial charge in [-0.05, 0) is 31.6 Å². The molecule has 2 aliphatic rings. The van der Waals surface area contributed by atoms with Crippen LogP contribution in [0, 0.1) is 11.8 Å². The van der Waals surface area contributed by atoms with Crippen LogP contribution in [0.2, 0.25) is 0 Å². The first-order valence-corrected chi connectivity index (χ1v) is 7.37. The van der Waals surface area contributed by atoms with Crippen molar-refractivity contribution >= 4 is 12.0 Å². The minimum atomic E-state index is -0.790. The molecule has 1 atom stereocenters. The maximum absolute atomic E-state index is 12.4. The van der Waals surface area contributed by atoms with Crippen molar-refractivity contribution in [2.24, 2.45) is 11.8 Å². The maximum atomic E-state index is 12.4. The fourth-order valence-electron chi connectivity index (χ4n) is 3.08. The predicted molar refractivity (Wildman–Crippen MR) is 73.5 cm³/mol. The van der Waals surface area contributed by atoms with Gasteiger partial charge in [-0.2, -0.15) is 0 Å². The van der Waals surface area contributed by atoms with Crippen LogP contribution in [-0.2, 0) is 9.53 Å². The van der Waals surface area contributed by atoms with Gasteiger partial charge in [0.15, 0.2) is 0 Å². The molecule has 114 valence electrons. The molecule has 1 unspecified atom stereocenters. The lowest BCUT2D eigenvalue weighted by Gasteiger charge is -2.38. The first-order chi connectivity index (χ1) is 9.61. The number of hydrogen-bond donors (Lipinski definition) is 1. The maximum Gasteiger partial charge on any atom is 0.320 e. The molecule has 2 aliphatic heterocycles. The number of carboxylic acid groups (broad SMARTS) is 1. The summed E-state index contributed by atoms with van der Waals surface area (Å²) in [6.07, 6.45) is 3.39. The largest absolute Gasteiger partial charge is 0.481 e. The summed E-state index contributed by atoms with van der Waals surface area (Å²) < 4.78 is 5.15. The molecule has 20 heavy (non-hydrogen) atoms. The number of amides is 2. The Kier molecular flexibility index (Phi) is 5.23. The van der Waals surface area contributed by atoms with E-state index in [4.69, 9.17) is 9.84 Å². The van der Waals surface area contributed by atoms with E-state index in [1.54, 1.807) is 12.0 Å².